The van der Waals surface area contributed by atoms with Crippen LogP contribution in [0.1, 0.15) is 13.8 Å². The number of carbonyl (C=O) groups excluding carboxylic acids is 1. The van der Waals surface area contributed by atoms with E-state index in [-0.39, 0.29) is 17.7 Å². The molecule has 0 bridgehead atoms. The van der Waals surface area contributed by atoms with Crippen molar-refractivity contribution in [3.8, 4) is 11.4 Å². The summed E-state index contributed by atoms with van der Waals surface area (Å²) in [4.78, 5) is 14.8. The van der Waals surface area contributed by atoms with Gasteiger partial charge in [0.1, 0.15) is 0 Å². The summed E-state index contributed by atoms with van der Waals surface area (Å²) in [5.41, 5.74) is 1.87. The molecular formula is C22H23BrN4OS. The van der Waals surface area contributed by atoms with E-state index in [2.05, 4.69) is 32.7 Å². The third-order valence-corrected chi connectivity index (χ3v) is 5.76. The van der Waals surface area contributed by atoms with E-state index < -0.39 is 0 Å². The van der Waals surface area contributed by atoms with Gasteiger partial charge in [-0.05, 0) is 38.1 Å². The Morgan fingerprint density at radius 3 is 2.48 bits per heavy atom. The summed E-state index contributed by atoms with van der Waals surface area (Å²) in [7, 11) is 0. The van der Waals surface area contributed by atoms with Crippen molar-refractivity contribution in [2.45, 2.75) is 31.6 Å². The van der Waals surface area contributed by atoms with Gasteiger partial charge in [0.25, 0.3) is 0 Å². The highest BCUT2D eigenvalue weighted by Gasteiger charge is 2.21. The molecule has 3 rings (SSSR count). The molecule has 1 aromatic heterocycles. The Hall–Kier alpha value is -2.38. The summed E-state index contributed by atoms with van der Waals surface area (Å²) in [6.45, 7) is 8.45. The summed E-state index contributed by atoms with van der Waals surface area (Å²) in [6.07, 6.45) is 1.81. The number of hydrogen-bond donors (Lipinski definition) is 0. The summed E-state index contributed by atoms with van der Waals surface area (Å²) in [6, 6.07) is 17.7. The highest BCUT2D eigenvalue weighted by atomic mass is 79.9. The molecule has 0 spiro atoms. The number of halogens is 1. The van der Waals surface area contributed by atoms with Crippen LogP contribution in [0.5, 0.6) is 0 Å². The first-order valence-corrected chi connectivity index (χ1v) is 11.1. The number of rotatable bonds is 8. The Balaban J connectivity index is 1.80. The molecule has 1 amide bonds. The lowest BCUT2D eigenvalue weighted by molar-refractivity contribution is -0.116. The quantitative estimate of drug-likeness (QED) is 0.325. The maximum absolute atomic E-state index is 13.0. The molecule has 0 atom stereocenters. The van der Waals surface area contributed by atoms with E-state index in [0.717, 1.165) is 21.5 Å². The van der Waals surface area contributed by atoms with Crippen LogP contribution in [0.25, 0.3) is 11.4 Å². The second-order valence-electron chi connectivity index (χ2n) is 6.69. The molecular weight excluding hydrogens is 448 g/mol. The van der Waals surface area contributed by atoms with Crippen molar-refractivity contribution >= 4 is 39.3 Å². The first-order valence-electron chi connectivity index (χ1n) is 9.31. The lowest BCUT2D eigenvalue weighted by Gasteiger charge is -2.26. The van der Waals surface area contributed by atoms with Crippen LogP contribution in [0.15, 0.2) is 76.9 Å². The summed E-state index contributed by atoms with van der Waals surface area (Å²) >= 11 is 4.85. The van der Waals surface area contributed by atoms with E-state index in [1.807, 2.05) is 84.0 Å². The first kappa shape index (κ1) is 21.3. The normalized spacial score (nSPS) is 10.9. The number of anilines is 1. The number of amides is 1. The van der Waals surface area contributed by atoms with E-state index in [4.69, 9.17) is 0 Å². The Labute approximate surface area is 184 Å². The van der Waals surface area contributed by atoms with E-state index in [1.54, 1.807) is 0 Å². The largest absolute Gasteiger partial charge is 0.309 e. The second kappa shape index (κ2) is 9.89. The number of allylic oxidation sites excluding steroid dienone is 1. The van der Waals surface area contributed by atoms with Gasteiger partial charge in [-0.2, -0.15) is 0 Å². The van der Waals surface area contributed by atoms with Crippen LogP contribution in [0, 0.1) is 0 Å². The number of nitrogens with zero attached hydrogens (tertiary/aromatic N) is 4. The zero-order valence-electron chi connectivity index (χ0n) is 16.5. The molecule has 150 valence electrons. The molecule has 7 heteroatoms. The van der Waals surface area contributed by atoms with Gasteiger partial charge < -0.3 is 4.90 Å². The average Bonchev–Trinajstić information content (AvgIpc) is 3.10. The Kier molecular flexibility index (Phi) is 7.28. The van der Waals surface area contributed by atoms with Crippen LogP contribution in [-0.4, -0.2) is 32.5 Å². The van der Waals surface area contributed by atoms with Crippen LogP contribution < -0.4 is 4.90 Å². The average molecular weight is 471 g/mol. The van der Waals surface area contributed by atoms with Crippen molar-refractivity contribution in [3.63, 3.8) is 0 Å². The second-order valence-corrected chi connectivity index (χ2v) is 8.55. The lowest BCUT2D eigenvalue weighted by atomic mass is 10.2. The van der Waals surface area contributed by atoms with Crippen molar-refractivity contribution in [3.05, 3.63) is 71.7 Å². The molecule has 5 nitrogen and oxygen atoms in total. The maximum atomic E-state index is 13.0. The van der Waals surface area contributed by atoms with E-state index in [0.29, 0.717) is 11.7 Å². The minimum atomic E-state index is 0.0366. The van der Waals surface area contributed by atoms with Crippen LogP contribution in [0.2, 0.25) is 0 Å². The molecule has 0 saturated carbocycles. The molecule has 0 saturated heterocycles. The highest BCUT2D eigenvalue weighted by molar-refractivity contribution is 9.10. The fourth-order valence-corrected chi connectivity index (χ4v) is 4.09. The number of carbonyl (C=O) groups is 1. The van der Waals surface area contributed by atoms with E-state index in [1.165, 1.54) is 11.8 Å². The molecule has 0 aliphatic heterocycles. The third-order valence-electron chi connectivity index (χ3n) is 4.28. The van der Waals surface area contributed by atoms with Crippen LogP contribution in [-0.2, 0) is 11.3 Å². The summed E-state index contributed by atoms with van der Waals surface area (Å²) in [5.74, 6) is 1.08. The number of thioether (sulfide) groups is 1. The summed E-state index contributed by atoms with van der Waals surface area (Å²) in [5, 5.41) is 9.38. The molecule has 0 unspecified atom stereocenters. The third kappa shape index (κ3) is 5.16. The number of para-hydroxylation sites is 1. The van der Waals surface area contributed by atoms with Gasteiger partial charge in [0, 0.05) is 28.3 Å². The minimum Gasteiger partial charge on any atom is -0.309 e. The number of hydrogen-bond acceptors (Lipinski definition) is 4. The topological polar surface area (TPSA) is 51.0 Å². The van der Waals surface area contributed by atoms with Gasteiger partial charge in [-0.25, -0.2) is 0 Å². The highest BCUT2D eigenvalue weighted by Crippen LogP contribution is 2.26. The minimum absolute atomic E-state index is 0.0366. The van der Waals surface area contributed by atoms with Crippen molar-refractivity contribution in [2.75, 3.05) is 10.7 Å². The molecule has 29 heavy (non-hydrogen) atoms. The standard InChI is InChI=1S/C22H23BrN4OS/c1-4-14-26-21(17-10-12-18(23)13-11-17)24-25-22(26)29-15-20(28)27(16(2)3)19-8-6-5-7-9-19/h4-13,16H,1,14-15H2,2-3H3. The molecule has 0 aliphatic rings. The van der Waals surface area contributed by atoms with Crippen molar-refractivity contribution in [1.29, 1.82) is 0 Å². The van der Waals surface area contributed by atoms with Gasteiger partial charge in [-0.15, -0.1) is 16.8 Å². The van der Waals surface area contributed by atoms with Crippen LogP contribution in [0.4, 0.5) is 5.69 Å². The number of benzene rings is 2. The first-order chi connectivity index (χ1) is 14.0. The van der Waals surface area contributed by atoms with E-state index in [9.17, 15) is 4.79 Å². The van der Waals surface area contributed by atoms with Gasteiger partial charge >= 0.3 is 0 Å². The van der Waals surface area contributed by atoms with Crippen molar-refractivity contribution in [1.82, 2.24) is 14.8 Å². The van der Waals surface area contributed by atoms with Crippen LogP contribution in [0.3, 0.4) is 0 Å². The van der Waals surface area contributed by atoms with Gasteiger partial charge in [-0.1, -0.05) is 64.1 Å². The fraction of sp³-hybridized carbons (Fsp3) is 0.227. The Morgan fingerprint density at radius 2 is 1.86 bits per heavy atom. The molecule has 0 radical (unpaired) electrons. The fourth-order valence-electron chi connectivity index (χ4n) is 3.02. The smallest absolute Gasteiger partial charge is 0.237 e. The Bertz CT molecular complexity index is 970. The molecule has 2 aromatic carbocycles. The van der Waals surface area contributed by atoms with Crippen LogP contribution >= 0.6 is 27.7 Å². The SMILES string of the molecule is C=CCn1c(SCC(=O)N(c2ccccc2)C(C)C)nnc1-c1ccc(Br)cc1. The van der Waals surface area contributed by atoms with E-state index >= 15 is 0 Å². The number of aromatic nitrogens is 3. The molecule has 3 aromatic rings. The zero-order valence-corrected chi connectivity index (χ0v) is 18.9. The molecule has 0 fully saturated rings. The zero-order chi connectivity index (χ0) is 20.8. The predicted octanol–water partition coefficient (Wildman–Crippen LogP) is 5.43. The van der Waals surface area contributed by atoms with Crippen molar-refractivity contribution in [2.24, 2.45) is 0 Å². The molecule has 0 N–H and O–H groups in total. The molecule has 1 heterocycles. The van der Waals surface area contributed by atoms with Gasteiger partial charge in [0.2, 0.25) is 5.91 Å². The Morgan fingerprint density at radius 1 is 1.17 bits per heavy atom. The summed E-state index contributed by atoms with van der Waals surface area (Å²) < 4.78 is 2.99. The molecule has 0 aliphatic carbocycles. The predicted molar refractivity (Wildman–Crippen MR) is 123 cm³/mol. The lowest BCUT2D eigenvalue weighted by Crippen LogP contribution is -2.38. The monoisotopic (exact) mass is 470 g/mol. The van der Waals surface area contributed by atoms with Gasteiger partial charge in [0.15, 0.2) is 11.0 Å². The maximum Gasteiger partial charge on any atom is 0.237 e. The van der Waals surface area contributed by atoms with Gasteiger partial charge in [0.05, 0.1) is 5.75 Å². The van der Waals surface area contributed by atoms with Gasteiger partial charge in [-0.3, -0.25) is 9.36 Å². The van der Waals surface area contributed by atoms with Crippen molar-refractivity contribution < 1.29 is 4.79 Å².